The van der Waals surface area contributed by atoms with E-state index in [-0.39, 0.29) is 12.1 Å². The van der Waals surface area contributed by atoms with Crippen molar-refractivity contribution in [1.29, 1.82) is 0 Å². The van der Waals surface area contributed by atoms with Crippen LogP contribution in [0.4, 0.5) is 4.79 Å². The van der Waals surface area contributed by atoms with Crippen LogP contribution in [0, 0.1) is 6.92 Å². The zero-order valence-electron chi connectivity index (χ0n) is 18.0. The van der Waals surface area contributed by atoms with Crippen LogP contribution < -0.4 is 10.6 Å². The van der Waals surface area contributed by atoms with Gasteiger partial charge in [0.25, 0.3) is 0 Å². The predicted molar refractivity (Wildman–Crippen MR) is 116 cm³/mol. The Labute approximate surface area is 177 Å². The van der Waals surface area contributed by atoms with Gasteiger partial charge in [0.1, 0.15) is 11.6 Å². The van der Waals surface area contributed by atoms with E-state index in [1.54, 1.807) is 11.1 Å². The first kappa shape index (κ1) is 21.6. The first-order chi connectivity index (χ1) is 14.6. The highest BCUT2D eigenvalue weighted by Crippen LogP contribution is 2.12. The number of aryl methyl sites for hydroxylation is 1. The molecular formula is C21H31N7O2. The quantitative estimate of drug-likeness (QED) is 0.557. The third-order valence-corrected chi connectivity index (χ3v) is 5.01. The second kappa shape index (κ2) is 10.6. The summed E-state index contributed by atoms with van der Waals surface area (Å²) in [6.45, 7) is 8.93. The number of carbonyl (C=O) groups excluding carboxylic acids is 1. The Bertz CT molecular complexity index is 839. The SMILES string of the molecule is CCNC(=NCc1ccc(-n2ccnc2C)nc1)NC1CCN(C(=O)OCC)CC1. The van der Waals surface area contributed by atoms with Crippen LogP contribution in [0.3, 0.4) is 0 Å². The van der Waals surface area contributed by atoms with E-state index >= 15 is 0 Å². The lowest BCUT2D eigenvalue weighted by Crippen LogP contribution is -2.49. The van der Waals surface area contributed by atoms with Gasteiger partial charge < -0.3 is 20.3 Å². The largest absolute Gasteiger partial charge is 0.450 e. The molecule has 0 aromatic carbocycles. The summed E-state index contributed by atoms with van der Waals surface area (Å²) in [6.07, 6.45) is 7.02. The zero-order valence-corrected chi connectivity index (χ0v) is 18.0. The minimum atomic E-state index is -0.224. The monoisotopic (exact) mass is 413 g/mol. The Morgan fingerprint density at radius 2 is 2.07 bits per heavy atom. The minimum Gasteiger partial charge on any atom is -0.450 e. The van der Waals surface area contributed by atoms with Gasteiger partial charge in [0, 0.05) is 44.3 Å². The number of nitrogens with one attached hydrogen (secondary N) is 2. The Morgan fingerprint density at radius 1 is 1.27 bits per heavy atom. The highest BCUT2D eigenvalue weighted by Gasteiger charge is 2.24. The maximum atomic E-state index is 11.8. The second-order valence-electron chi connectivity index (χ2n) is 7.17. The van der Waals surface area contributed by atoms with E-state index in [0.29, 0.717) is 26.2 Å². The van der Waals surface area contributed by atoms with E-state index in [9.17, 15) is 4.79 Å². The fourth-order valence-electron chi connectivity index (χ4n) is 3.38. The number of carbonyl (C=O) groups is 1. The van der Waals surface area contributed by atoms with Crippen molar-refractivity contribution in [3.8, 4) is 5.82 Å². The number of guanidine groups is 1. The maximum absolute atomic E-state index is 11.8. The van der Waals surface area contributed by atoms with E-state index in [0.717, 1.165) is 42.6 Å². The smallest absolute Gasteiger partial charge is 0.409 e. The van der Waals surface area contributed by atoms with E-state index in [2.05, 4.69) is 20.6 Å². The van der Waals surface area contributed by atoms with Gasteiger partial charge in [-0.2, -0.15) is 0 Å². The van der Waals surface area contributed by atoms with Crippen LogP contribution >= 0.6 is 0 Å². The number of hydrogen-bond donors (Lipinski definition) is 2. The molecule has 1 amide bonds. The maximum Gasteiger partial charge on any atom is 0.409 e. The fourth-order valence-corrected chi connectivity index (χ4v) is 3.38. The number of piperidine rings is 1. The summed E-state index contributed by atoms with van der Waals surface area (Å²) in [5.74, 6) is 2.53. The molecule has 0 spiro atoms. The average Bonchev–Trinajstić information content (AvgIpc) is 3.19. The standard InChI is InChI=1S/C21H31N7O2/c1-4-22-20(26-18-8-11-27(12-9-18)21(29)30-5-2)25-15-17-6-7-19(24-14-17)28-13-10-23-16(28)3/h6-7,10,13-14,18H,4-5,8-9,11-12,15H2,1-3H3,(H2,22,25,26). The lowest BCUT2D eigenvalue weighted by atomic mass is 10.1. The van der Waals surface area contributed by atoms with Crippen LogP contribution in [-0.4, -0.2) is 63.8 Å². The molecule has 0 unspecified atom stereocenters. The third kappa shape index (κ3) is 5.71. The Morgan fingerprint density at radius 3 is 2.67 bits per heavy atom. The van der Waals surface area contributed by atoms with Crippen LogP contribution in [0.1, 0.15) is 38.1 Å². The number of nitrogens with zero attached hydrogens (tertiary/aromatic N) is 5. The van der Waals surface area contributed by atoms with Gasteiger partial charge in [-0.05, 0) is 45.2 Å². The number of pyridine rings is 1. The van der Waals surface area contributed by atoms with Gasteiger partial charge in [-0.25, -0.2) is 19.8 Å². The number of likely N-dealkylation sites (tertiary alicyclic amines) is 1. The van der Waals surface area contributed by atoms with Gasteiger partial charge in [-0.15, -0.1) is 0 Å². The number of aromatic nitrogens is 3. The predicted octanol–water partition coefficient (Wildman–Crippen LogP) is 2.25. The normalized spacial score (nSPS) is 15.2. The average molecular weight is 414 g/mol. The van der Waals surface area contributed by atoms with E-state index < -0.39 is 0 Å². The number of aliphatic imine (C=N–C) groups is 1. The van der Waals surface area contributed by atoms with Gasteiger partial charge in [0.05, 0.1) is 13.2 Å². The van der Waals surface area contributed by atoms with Crippen molar-refractivity contribution in [3.63, 3.8) is 0 Å². The highest BCUT2D eigenvalue weighted by atomic mass is 16.6. The molecule has 162 valence electrons. The van der Waals surface area contributed by atoms with E-state index in [4.69, 9.17) is 9.73 Å². The summed E-state index contributed by atoms with van der Waals surface area (Å²) < 4.78 is 7.03. The molecule has 1 saturated heterocycles. The van der Waals surface area contributed by atoms with Crippen LogP contribution in [0.25, 0.3) is 5.82 Å². The molecule has 1 aliphatic rings. The Kier molecular flexibility index (Phi) is 7.64. The summed E-state index contributed by atoms with van der Waals surface area (Å²) in [5, 5.41) is 6.78. The van der Waals surface area contributed by atoms with E-state index in [1.807, 2.05) is 49.9 Å². The van der Waals surface area contributed by atoms with Crippen molar-refractivity contribution < 1.29 is 9.53 Å². The molecule has 3 rings (SSSR count). The number of imidazole rings is 1. The molecule has 3 heterocycles. The molecule has 9 heteroatoms. The van der Waals surface area contributed by atoms with Gasteiger partial charge in [0.15, 0.2) is 5.96 Å². The van der Waals surface area contributed by atoms with Crippen molar-refractivity contribution in [1.82, 2.24) is 30.1 Å². The molecule has 0 aliphatic carbocycles. The molecule has 0 bridgehead atoms. The summed E-state index contributed by atoms with van der Waals surface area (Å²) >= 11 is 0. The molecule has 0 radical (unpaired) electrons. The Hall–Kier alpha value is -3.10. The molecular weight excluding hydrogens is 382 g/mol. The van der Waals surface area contributed by atoms with Gasteiger partial charge in [-0.1, -0.05) is 6.07 Å². The van der Waals surface area contributed by atoms with Crippen molar-refractivity contribution in [3.05, 3.63) is 42.1 Å². The lowest BCUT2D eigenvalue weighted by Gasteiger charge is -2.32. The van der Waals surface area contributed by atoms with Crippen molar-refractivity contribution in [2.75, 3.05) is 26.2 Å². The topological polar surface area (TPSA) is 96.7 Å². The number of hydrogen-bond acceptors (Lipinski definition) is 5. The number of ether oxygens (including phenoxy) is 1. The minimum absolute atomic E-state index is 0.224. The first-order valence-electron chi connectivity index (χ1n) is 10.5. The summed E-state index contributed by atoms with van der Waals surface area (Å²) in [7, 11) is 0. The molecule has 9 nitrogen and oxygen atoms in total. The third-order valence-electron chi connectivity index (χ3n) is 5.01. The van der Waals surface area contributed by atoms with E-state index in [1.165, 1.54) is 0 Å². The fraction of sp³-hybridized carbons (Fsp3) is 0.524. The molecule has 2 aromatic rings. The molecule has 0 atom stereocenters. The molecule has 0 saturated carbocycles. The number of rotatable bonds is 6. The van der Waals surface area contributed by atoms with Gasteiger partial charge in [0.2, 0.25) is 0 Å². The molecule has 30 heavy (non-hydrogen) atoms. The van der Waals surface area contributed by atoms with Crippen molar-refractivity contribution in [2.45, 2.75) is 46.2 Å². The van der Waals surface area contributed by atoms with Crippen LogP contribution in [0.15, 0.2) is 35.7 Å². The van der Waals surface area contributed by atoms with Crippen LogP contribution in [0.2, 0.25) is 0 Å². The summed E-state index contributed by atoms with van der Waals surface area (Å²) in [6, 6.07) is 4.29. The van der Waals surface area contributed by atoms with Gasteiger partial charge in [-0.3, -0.25) is 4.57 Å². The summed E-state index contributed by atoms with van der Waals surface area (Å²) in [5.41, 5.74) is 1.03. The van der Waals surface area contributed by atoms with Crippen molar-refractivity contribution >= 4 is 12.1 Å². The highest BCUT2D eigenvalue weighted by molar-refractivity contribution is 5.80. The molecule has 1 fully saturated rings. The number of amides is 1. The molecule has 2 N–H and O–H groups in total. The van der Waals surface area contributed by atoms with Gasteiger partial charge >= 0.3 is 6.09 Å². The first-order valence-corrected chi connectivity index (χ1v) is 10.5. The lowest BCUT2D eigenvalue weighted by molar-refractivity contribution is 0.0963. The second-order valence-corrected chi connectivity index (χ2v) is 7.17. The molecule has 2 aromatic heterocycles. The zero-order chi connectivity index (χ0) is 21.3. The van der Waals surface area contributed by atoms with Crippen LogP contribution in [-0.2, 0) is 11.3 Å². The summed E-state index contributed by atoms with van der Waals surface area (Å²) in [4.78, 5) is 27.1. The van der Waals surface area contributed by atoms with Crippen LogP contribution in [0.5, 0.6) is 0 Å². The molecule has 1 aliphatic heterocycles. The van der Waals surface area contributed by atoms with Crippen molar-refractivity contribution in [2.24, 2.45) is 4.99 Å². The Balaban J connectivity index is 1.55.